The Morgan fingerprint density at radius 1 is 1.21 bits per heavy atom. The highest BCUT2D eigenvalue weighted by atomic mass is 35.5. The van der Waals surface area contributed by atoms with E-state index in [0.717, 1.165) is 65.1 Å². The number of H-pyrrole nitrogens is 1. The van der Waals surface area contributed by atoms with Crippen LogP contribution in [0.1, 0.15) is 31.2 Å². The van der Waals surface area contributed by atoms with Crippen molar-refractivity contribution in [2.75, 3.05) is 12.3 Å². The highest BCUT2D eigenvalue weighted by Crippen LogP contribution is 2.35. The second kappa shape index (κ2) is 7.17. The number of fused-ring (bicyclic) bond motifs is 1. The van der Waals surface area contributed by atoms with Crippen molar-refractivity contribution in [3.05, 3.63) is 47.2 Å². The molecule has 3 N–H and O–H groups in total. The minimum Gasteiger partial charge on any atom is -0.369 e. The van der Waals surface area contributed by atoms with Crippen molar-refractivity contribution < 1.29 is 4.74 Å². The first kappa shape index (κ1) is 18.1. The summed E-state index contributed by atoms with van der Waals surface area (Å²) in [5.74, 6) is 0.343. The number of aromatic nitrogens is 5. The molecule has 1 unspecified atom stereocenters. The van der Waals surface area contributed by atoms with Gasteiger partial charge in [0.05, 0.1) is 22.6 Å². The first-order valence-corrected chi connectivity index (χ1v) is 10.1. The molecule has 0 aliphatic carbocycles. The number of aryl methyl sites for hydroxylation is 1. The fourth-order valence-corrected chi connectivity index (χ4v) is 4.09. The summed E-state index contributed by atoms with van der Waals surface area (Å²) in [6.45, 7) is 2.71. The number of imidazole rings is 1. The number of ether oxygens (including phenoxy) is 1. The molecule has 0 amide bonds. The van der Waals surface area contributed by atoms with Crippen LogP contribution in [-0.4, -0.2) is 31.3 Å². The van der Waals surface area contributed by atoms with Crippen molar-refractivity contribution >= 4 is 28.5 Å². The molecule has 1 aliphatic heterocycles. The standard InChI is InChI=1S/C21H21ClN6O/c1-12-5-4-6-15(24-12)19-18(25-21(23)26-19)13-8-9-16-14(11-13)20(22)27-28(16)17-7-2-3-10-29-17/h4-6,8-9,11,17H,2-3,7,10H2,1H3,(H3,23,25,26). The van der Waals surface area contributed by atoms with Gasteiger partial charge in [0.1, 0.15) is 0 Å². The lowest BCUT2D eigenvalue weighted by atomic mass is 10.1. The Balaban J connectivity index is 1.61. The van der Waals surface area contributed by atoms with Crippen LogP contribution in [0, 0.1) is 6.92 Å². The highest BCUT2D eigenvalue weighted by molar-refractivity contribution is 6.34. The number of hydrogen-bond acceptors (Lipinski definition) is 5. The maximum atomic E-state index is 6.49. The van der Waals surface area contributed by atoms with Gasteiger partial charge in [-0.05, 0) is 50.5 Å². The van der Waals surface area contributed by atoms with Crippen LogP contribution in [0.25, 0.3) is 33.5 Å². The van der Waals surface area contributed by atoms with Gasteiger partial charge in [-0.25, -0.2) is 9.67 Å². The summed E-state index contributed by atoms with van der Waals surface area (Å²) in [6.07, 6.45) is 3.08. The van der Waals surface area contributed by atoms with Gasteiger partial charge in [-0.3, -0.25) is 4.98 Å². The van der Waals surface area contributed by atoms with Crippen LogP contribution in [0.15, 0.2) is 36.4 Å². The number of hydrogen-bond donors (Lipinski definition) is 2. The highest BCUT2D eigenvalue weighted by Gasteiger charge is 2.22. The lowest BCUT2D eigenvalue weighted by Crippen LogP contribution is -2.18. The lowest BCUT2D eigenvalue weighted by molar-refractivity contribution is -0.0366. The van der Waals surface area contributed by atoms with Crippen molar-refractivity contribution in [3.8, 4) is 22.6 Å². The van der Waals surface area contributed by atoms with Crippen molar-refractivity contribution in [3.63, 3.8) is 0 Å². The molecule has 1 atom stereocenters. The summed E-state index contributed by atoms with van der Waals surface area (Å²) in [4.78, 5) is 12.2. The summed E-state index contributed by atoms with van der Waals surface area (Å²) in [5, 5.41) is 5.85. The zero-order chi connectivity index (χ0) is 20.0. The van der Waals surface area contributed by atoms with E-state index in [2.05, 4.69) is 20.1 Å². The molecule has 1 fully saturated rings. The zero-order valence-electron chi connectivity index (χ0n) is 16.0. The Morgan fingerprint density at radius 2 is 2.10 bits per heavy atom. The molecule has 0 bridgehead atoms. The van der Waals surface area contributed by atoms with Gasteiger partial charge in [0, 0.05) is 23.3 Å². The minimum atomic E-state index is -0.0716. The molecule has 1 saturated heterocycles. The average Bonchev–Trinajstić information content (AvgIpc) is 3.29. The normalized spacial score (nSPS) is 17.1. The lowest BCUT2D eigenvalue weighted by Gasteiger charge is -2.23. The third kappa shape index (κ3) is 3.26. The van der Waals surface area contributed by atoms with E-state index < -0.39 is 0 Å². The molecule has 5 rings (SSSR count). The molecule has 0 radical (unpaired) electrons. The van der Waals surface area contributed by atoms with Gasteiger partial charge < -0.3 is 15.5 Å². The second-order valence-corrected chi connectivity index (χ2v) is 7.66. The largest absolute Gasteiger partial charge is 0.369 e. The molecule has 4 aromatic rings. The van der Waals surface area contributed by atoms with E-state index in [-0.39, 0.29) is 6.23 Å². The van der Waals surface area contributed by atoms with E-state index in [4.69, 9.17) is 22.1 Å². The maximum Gasteiger partial charge on any atom is 0.198 e. The van der Waals surface area contributed by atoms with E-state index in [1.54, 1.807) is 0 Å². The number of nitrogens with zero attached hydrogens (tertiary/aromatic N) is 4. The van der Waals surface area contributed by atoms with E-state index >= 15 is 0 Å². The van der Waals surface area contributed by atoms with Crippen LogP contribution < -0.4 is 5.73 Å². The van der Waals surface area contributed by atoms with Crippen LogP contribution in [0.3, 0.4) is 0 Å². The maximum absolute atomic E-state index is 6.49. The smallest absolute Gasteiger partial charge is 0.198 e. The SMILES string of the molecule is Cc1cccc(-c2[nH]c(N)nc2-c2ccc3c(c2)c(Cl)nn3C2CCCCO2)n1. The summed E-state index contributed by atoms with van der Waals surface area (Å²) >= 11 is 6.49. The van der Waals surface area contributed by atoms with Gasteiger partial charge in [-0.2, -0.15) is 5.10 Å². The van der Waals surface area contributed by atoms with Crippen LogP contribution in [0.4, 0.5) is 5.95 Å². The number of rotatable bonds is 3. The number of nitrogens with two attached hydrogens (primary N) is 1. The minimum absolute atomic E-state index is 0.0716. The second-order valence-electron chi connectivity index (χ2n) is 7.30. The van der Waals surface area contributed by atoms with Gasteiger partial charge in [0.15, 0.2) is 17.3 Å². The van der Waals surface area contributed by atoms with Gasteiger partial charge in [-0.1, -0.05) is 23.7 Å². The molecule has 4 heterocycles. The Kier molecular flexibility index (Phi) is 4.49. The number of nitrogens with one attached hydrogen (secondary N) is 1. The molecule has 148 valence electrons. The number of anilines is 1. The molecular formula is C21H21ClN6O. The monoisotopic (exact) mass is 408 g/mol. The van der Waals surface area contributed by atoms with Gasteiger partial charge >= 0.3 is 0 Å². The number of pyridine rings is 1. The van der Waals surface area contributed by atoms with Crippen LogP contribution >= 0.6 is 11.6 Å². The Hall–Kier alpha value is -2.90. The first-order chi connectivity index (χ1) is 14.1. The first-order valence-electron chi connectivity index (χ1n) is 9.69. The Labute approximate surface area is 172 Å². The molecule has 29 heavy (non-hydrogen) atoms. The number of halogens is 1. The van der Waals surface area contributed by atoms with Gasteiger partial charge in [0.2, 0.25) is 0 Å². The molecular weight excluding hydrogens is 388 g/mol. The van der Waals surface area contributed by atoms with E-state index in [1.165, 1.54) is 0 Å². The fourth-order valence-electron chi connectivity index (χ4n) is 3.85. The van der Waals surface area contributed by atoms with E-state index in [1.807, 2.05) is 48.0 Å². The van der Waals surface area contributed by atoms with Crippen molar-refractivity contribution in [1.29, 1.82) is 0 Å². The predicted octanol–water partition coefficient (Wildman–Crippen LogP) is 4.73. The molecule has 1 aliphatic rings. The van der Waals surface area contributed by atoms with Crippen LogP contribution in [0.2, 0.25) is 5.15 Å². The number of benzene rings is 1. The van der Waals surface area contributed by atoms with Gasteiger partial charge in [0.25, 0.3) is 0 Å². The summed E-state index contributed by atoms with van der Waals surface area (Å²) in [7, 11) is 0. The third-order valence-electron chi connectivity index (χ3n) is 5.23. The number of nitrogen functional groups attached to an aromatic ring is 1. The summed E-state index contributed by atoms with van der Waals surface area (Å²) < 4.78 is 7.78. The van der Waals surface area contributed by atoms with E-state index in [9.17, 15) is 0 Å². The molecule has 7 nitrogen and oxygen atoms in total. The Bertz CT molecular complexity index is 1190. The molecule has 3 aromatic heterocycles. The Morgan fingerprint density at radius 3 is 2.90 bits per heavy atom. The number of aromatic amines is 1. The van der Waals surface area contributed by atoms with Crippen molar-refractivity contribution in [2.24, 2.45) is 0 Å². The molecule has 1 aromatic carbocycles. The van der Waals surface area contributed by atoms with Crippen LogP contribution in [0.5, 0.6) is 0 Å². The average molecular weight is 409 g/mol. The topological polar surface area (TPSA) is 94.6 Å². The van der Waals surface area contributed by atoms with Crippen molar-refractivity contribution in [2.45, 2.75) is 32.4 Å². The fraction of sp³-hybridized carbons (Fsp3) is 0.286. The molecule has 0 saturated carbocycles. The predicted molar refractivity (Wildman–Crippen MR) is 114 cm³/mol. The van der Waals surface area contributed by atoms with Gasteiger partial charge in [-0.15, -0.1) is 0 Å². The van der Waals surface area contributed by atoms with Crippen LogP contribution in [-0.2, 0) is 4.74 Å². The zero-order valence-corrected chi connectivity index (χ0v) is 16.8. The molecule has 0 spiro atoms. The summed E-state index contributed by atoms with van der Waals surface area (Å²) in [6, 6.07) is 11.9. The molecule has 8 heteroatoms. The third-order valence-corrected chi connectivity index (χ3v) is 5.51. The summed E-state index contributed by atoms with van der Waals surface area (Å²) in [5.41, 5.74) is 11.1. The van der Waals surface area contributed by atoms with E-state index in [0.29, 0.717) is 11.1 Å². The quantitative estimate of drug-likeness (QED) is 0.511. The van der Waals surface area contributed by atoms with Crippen molar-refractivity contribution in [1.82, 2.24) is 24.7 Å².